The van der Waals surface area contributed by atoms with Crippen molar-refractivity contribution < 1.29 is 13.5 Å². The monoisotopic (exact) mass is 433 g/mol. The third kappa shape index (κ3) is 5.34. The molecule has 0 amide bonds. The van der Waals surface area contributed by atoms with Crippen LogP contribution in [-0.4, -0.2) is 36.1 Å². The zero-order valence-electron chi connectivity index (χ0n) is 13.4. The summed E-state index contributed by atoms with van der Waals surface area (Å²) in [5, 5.41) is 3.38. The number of hydrogen-bond acceptors (Lipinski definition) is 4. The molecule has 0 bridgehead atoms. The molecule has 3 rings (SSSR count). The van der Waals surface area contributed by atoms with E-state index in [1.807, 2.05) is 24.4 Å². The Balaban J connectivity index is 0.00000225. The Morgan fingerprint density at radius 1 is 1.36 bits per heavy atom. The minimum atomic E-state index is -2.83. The third-order valence-corrected chi connectivity index (χ3v) is 4.53. The van der Waals surface area contributed by atoms with Gasteiger partial charge in [0, 0.05) is 54.7 Å². The maximum atomic E-state index is 12.7. The fraction of sp³-hybridized carbons (Fsp3) is 0.353. The molecule has 1 unspecified atom stereocenters. The van der Waals surface area contributed by atoms with Gasteiger partial charge in [0.2, 0.25) is 0 Å². The number of aromatic nitrogens is 1. The van der Waals surface area contributed by atoms with Gasteiger partial charge in [0.15, 0.2) is 0 Å². The highest BCUT2D eigenvalue weighted by atomic mass is 79.9. The number of halogens is 4. The maximum Gasteiger partial charge on any atom is 0.387 e. The van der Waals surface area contributed by atoms with Gasteiger partial charge in [-0.05, 0) is 29.8 Å². The van der Waals surface area contributed by atoms with Crippen LogP contribution in [0.5, 0.6) is 5.75 Å². The molecule has 136 valence electrons. The number of alkyl halides is 2. The Hall–Kier alpha value is -1.28. The number of benzene rings is 1. The van der Waals surface area contributed by atoms with Crippen molar-refractivity contribution in [3.8, 4) is 5.75 Å². The lowest BCUT2D eigenvalue weighted by Gasteiger charge is -2.36. The van der Waals surface area contributed by atoms with Gasteiger partial charge in [0.1, 0.15) is 5.75 Å². The van der Waals surface area contributed by atoms with E-state index in [0.717, 1.165) is 35.2 Å². The van der Waals surface area contributed by atoms with E-state index in [-0.39, 0.29) is 24.2 Å². The topological polar surface area (TPSA) is 37.4 Å². The molecule has 0 saturated carbocycles. The van der Waals surface area contributed by atoms with Crippen LogP contribution < -0.4 is 10.1 Å². The number of ether oxygens (including phenoxy) is 1. The van der Waals surface area contributed by atoms with Crippen LogP contribution in [0.25, 0.3) is 0 Å². The minimum absolute atomic E-state index is 0. The highest BCUT2D eigenvalue weighted by Gasteiger charge is 2.25. The minimum Gasteiger partial charge on any atom is -0.434 e. The number of piperazine rings is 1. The Labute approximate surface area is 160 Å². The van der Waals surface area contributed by atoms with E-state index in [2.05, 4.69) is 35.9 Å². The lowest BCUT2D eigenvalue weighted by atomic mass is 10.0. The first-order chi connectivity index (χ1) is 11.6. The molecule has 2 heterocycles. The molecule has 1 saturated heterocycles. The van der Waals surface area contributed by atoms with Crippen molar-refractivity contribution in [2.75, 3.05) is 19.6 Å². The standard InChI is InChI=1S/C17H18BrF2N3O.ClH/c18-14-3-4-16(24-17(19)20)13(8-14)11-23-7-6-22-10-15(23)12-2-1-5-21-9-12;/h1-5,8-9,15,17,22H,6-7,10-11H2;1H. The van der Waals surface area contributed by atoms with Crippen molar-refractivity contribution in [3.63, 3.8) is 0 Å². The number of pyridine rings is 1. The molecule has 1 aliphatic heterocycles. The van der Waals surface area contributed by atoms with Crippen molar-refractivity contribution in [3.05, 3.63) is 58.3 Å². The molecule has 0 aliphatic carbocycles. The van der Waals surface area contributed by atoms with Gasteiger partial charge in [0.25, 0.3) is 0 Å². The molecule has 1 aliphatic rings. The normalized spacial score (nSPS) is 18.0. The van der Waals surface area contributed by atoms with Crippen LogP contribution in [0, 0.1) is 0 Å². The van der Waals surface area contributed by atoms with Gasteiger partial charge in [0.05, 0.1) is 0 Å². The van der Waals surface area contributed by atoms with Gasteiger partial charge < -0.3 is 10.1 Å². The Bertz CT molecular complexity index is 678. The van der Waals surface area contributed by atoms with Crippen LogP contribution in [0.2, 0.25) is 0 Å². The second-order valence-corrected chi connectivity index (χ2v) is 6.52. The van der Waals surface area contributed by atoms with Gasteiger partial charge >= 0.3 is 6.61 Å². The van der Waals surface area contributed by atoms with Crippen LogP contribution in [0.3, 0.4) is 0 Å². The van der Waals surface area contributed by atoms with Crippen LogP contribution in [0.15, 0.2) is 47.2 Å². The van der Waals surface area contributed by atoms with E-state index in [9.17, 15) is 8.78 Å². The Kier molecular flexibility index (Phi) is 7.56. The zero-order chi connectivity index (χ0) is 16.9. The molecular weight excluding hydrogens is 416 g/mol. The van der Waals surface area contributed by atoms with Crippen LogP contribution >= 0.6 is 28.3 Å². The van der Waals surface area contributed by atoms with Crippen molar-refractivity contribution >= 4 is 28.3 Å². The Morgan fingerprint density at radius 2 is 2.20 bits per heavy atom. The van der Waals surface area contributed by atoms with E-state index >= 15 is 0 Å². The van der Waals surface area contributed by atoms with Crippen LogP contribution in [0.1, 0.15) is 17.2 Å². The van der Waals surface area contributed by atoms with Gasteiger partial charge in [-0.2, -0.15) is 8.78 Å². The van der Waals surface area contributed by atoms with Gasteiger partial charge in [-0.1, -0.05) is 22.0 Å². The third-order valence-electron chi connectivity index (χ3n) is 4.04. The summed E-state index contributed by atoms with van der Waals surface area (Å²) < 4.78 is 30.8. The van der Waals surface area contributed by atoms with Crippen molar-refractivity contribution in [2.24, 2.45) is 0 Å². The van der Waals surface area contributed by atoms with Crippen molar-refractivity contribution in [1.82, 2.24) is 15.2 Å². The molecular formula is C17H19BrClF2N3O. The second kappa shape index (κ2) is 9.43. The smallest absolute Gasteiger partial charge is 0.387 e. The number of hydrogen-bond donors (Lipinski definition) is 1. The summed E-state index contributed by atoms with van der Waals surface area (Å²) in [5.41, 5.74) is 1.84. The van der Waals surface area contributed by atoms with E-state index in [1.54, 1.807) is 18.3 Å². The number of rotatable bonds is 5. The van der Waals surface area contributed by atoms with Gasteiger partial charge in [-0.25, -0.2) is 0 Å². The number of nitrogens with zero attached hydrogens (tertiary/aromatic N) is 2. The molecule has 1 atom stereocenters. The molecule has 0 spiro atoms. The molecule has 1 N–H and O–H groups in total. The van der Waals surface area contributed by atoms with Crippen molar-refractivity contribution in [2.45, 2.75) is 19.2 Å². The summed E-state index contributed by atoms with van der Waals surface area (Å²) in [6.45, 7) is 0.172. The zero-order valence-corrected chi connectivity index (χ0v) is 15.8. The molecule has 1 aromatic heterocycles. The highest BCUT2D eigenvalue weighted by molar-refractivity contribution is 9.10. The average molecular weight is 435 g/mol. The van der Waals surface area contributed by atoms with Crippen LogP contribution in [0.4, 0.5) is 8.78 Å². The Morgan fingerprint density at radius 3 is 2.92 bits per heavy atom. The highest BCUT2D eigenvalue weighted by Crippen LogP contribution is 2.30. The summed E-state index contributed by atoms with van der Waals surface area (Å²) in [6, 6.07) is 9.21. The van der Waals surface area contributed by atoms with E-state index in [1.165, 1.54) is 0 Å². The first-order valence-electron chi connectivity index (χ1n) is 7.71. The summed E-state index contributed by atoms with van der Waals surface area (Å²) >= 11 is 3.40. The summed E-state index contributed by atoms with van der Waals surface area (Å²) in [6.07, 6.45) is 3.59. The summed E-state index contributed by atoms with van der Waals surface area (Å²) in [5.74, 6) is 0.219. The van der Waals surface area contributed by atoms with E-state index in [4.69, 9.17) is 0 Å². The predicted octanol–water partition coefficient (Wildman–Crippen LogP) is 4.01. The molecule has 1 fully saturated rings. The second-order valence-electron chi connectivity index (χ2n) is 5.61. The first-order valence-corrected chi connectivity index (χ1v) is 8.50. The largest absolute Gasteiger partial charge is 0.434 e. The quantitative estimate of drug-likeness (QED) is 0.771. The molecule has 25 heavy (non-hydrogen) atoms. The average Bonchev–Trinajstić information content (AvgIpc) is 2.58. The maximum absolute atomic E-state index is 12.7. The molecule has 0 radical (unpaired) electrons. The summed E-state index contributed by atoms with van der Waals surface area (Å²) in [7, 11) is 0. The van der Waals surface area contributed by atoms with E-state index in [0.29, 0.717) is 6.54 Å². The first kappa shape index (κ1) is 20.0. The molecule has 8 heteroatoms. The predicted molar refractivity (Wildman–Crippen MR) is 98.3 cm³/mol. The molecule has 2 aromatic rings. The SMILES string of the molecule is Cl.FC(F)Oc1ccc(Br)cc1CN1CCNCC1c1cccnc1. The van der Waals surface area contributed by atoms with Gasteiger partial charge in [-0.15, -0.1) is 12.4 Å². The number of nitrogens with one attached hydrogen (secondary N) is 1. The lowest BCUT2D eigenvalue weighted by molar-refractivity contribution is -0.0509. The van der Waals surface area contributed by atoms with Crippen molar-refractivity contribution in [1.29, 1.82) is 0 Å². The van der Waals surface area contributed by atoms with E-state index < -0.39 is 6.61 Å². The summed E-state index contributed by atoms with van der Waals surface area (Å²) in [4.78, 5) is 6.44. The fourth-order valence-corrected chi connectivity index (χ4v) is 3.35. The lowest BCUT2D eigenvalue weighted by Crippen LogP contribution is -2.45. The van der Waals surface area contributed by atoms with Gasteiger partial charge in [-0.3, -0.25) is 9.88 Å². The fourth-order valence-electron chi connectivity index (χ4n) is 2.94. The molecule has 1 aromatic carbocycles. The van der Waals surface area contributed by atoms with Crippen LogP contribution in [-0.2, 0) is 6.54 Å². The molecule has 4 nitrogen and oxygen atoms in total.